The smallest absolute Gasteiger partial charge is 0.345 e. The number of carbonyl (C=O) groups is 1. The van der Waals surface area contributed by atoms with Crippen LogP contribution in [0, 0.1) is 0 Å². The molecule has 154 valence electrons. The minimum atomic E-state index is -4.79. The van der Waals surface area contributed by atoms with Crippen molar-refractivity contribution in [3.05, 3.63) is 76.8 Å². The van der Waals surface area contributed by atoms with Crippen LogP contribution in [-0.2, 0) is 19.8 Å². The molecule has 2 aromatic heterocycles. The van der Waals surface area contributed by atoms with Crippen molar-refractivity contribution in [3.63, 3.8) is 0 Å². The Morgan fingerprint density at radius 3 is 2.50 bits per heavy atom. The van der Waals surface area contributed by atoms with E-state index >= 15 is 0 Å². The first-order valence-electron chi connectivity index (χ1n) is 8.85. The minimum absolute atomic E-state index is 0.0343. The lowest BCUT2D eigenvalue weighted by atomic mass is 10.2. The van der Waals surface area contributed by atoms with Gasteiger partial charge in [0.05, 0.1) is 35.0 Å². The predicted molar refractivity (Wildman–Crippen MR) is 105 cm³/mol. The molecule has 2 aromatic carbocycles. The van der Waals surface area contributed by atoms with Crippen LogP contribution in [-0.4, -0.2) is 25.2 Å². The molecule has 0 bridgehead atoms. The Bertz CT molecular complexity index is 1230. The van der Waals surface area contributed by atoms with Gasteiger partial charge in [-0.1, -0.05) is 23.7 Å². The second-order valence-corrected chi connectivity index (χ2v) is 6.99. The normalized spacial score (nSPS) is 11.8. The molecule has 10 heteroatoms. The maximum Gasteiger partial charge on any atom is 0.434 e. The van der Waals surface area contributed by atoms with E-state index in [2.05, 4.69) is 15.4 Å². The molecule has 0 aliphatic rings. The van der Waals surface area contributed by atoms with Gasteiger partial charge in [0, 0.05) is 12.1 Å². The number of amides is 1. The van der Waals surface area contributed by atoms with E-state index in [4.69, 9.17) is 11.6 Å². The highest BCUT2D eigenvalue weighted by Crippen LogP contribution is 2.34. The Balaban J connectivity index is 1.63. The van der Waals surface area contributed by atoms with E-state index in [1.165, 1.54) is 24.3 Å². The first-order valence-corrected chi connectivity index (χ1v) is 9.23. The Morgan fingerprint density at radius 1 is 1.13 bits per heavy atom. The molecule has 1 N–H and O–H groups in total. The van der Waals surface area contributed by atoms with E-state index in [1.54, 1.807) is 11.6 Å². The summed E-state index contributed by atoms with van der Waals surface area (Å²) in [5, 5.41) is 6.66. The SMILES string of the molecule is Cn1c(CNC(=O)c2cnn(-c3ccc(Cl)cc3)c2C(F)(F)F)nc2ccccc21. The summed E-state index contributed by atoms with van der Waals surface area (Å²) in [5.41, 5.74) is -0.00580. The van der Waals surface area contributed by atoms with Gasteiger partial charge in [-0.25, -0.2) is 9.67 Å². The third-order valence-electron chi connectivity index (χ3n) is 4.64. The van der Waals surface area contributed by atoms with Gasteiger partial charge < -0.3 is 9.88 Å². The minimum Gasteiger partial charge on any atom is -0.345 e. The molecule has 0 aliphatic heterocycles. The van der Waals surface area contributed by atoms with Crippen LogP contribution < -0.4 is 5.32 Å². The van der Waals surface area contributed by atoms with Crippen molar-refractivity contribution in [2.24, 2.45) is 7.05 Å². The number of benzene rings is 2. The summed E-state index contributed by atoms with van der Waals surface area (Å²) in [7, 11) is 1.77. The van der Waals surface area contributed by atoms with Crippen LogP contribution in [0.5, 0.6) is 0 Å². The van der Waals surface area contributed by atoms with Crippen molar-refractivity contribution < 1.29 is 18.0 Å². The Hall–Kier alpha value is -3.33. The molecule has 6 nitrogen and oxygen atoms in total. The van der Waals surface area contributed by atoms with Gasteiger partial charge in [-0.3, -0.25) is 4.79 Å². The third-order valence-corrected chi connectivity index (χ3v) is 4.89. The zero-order valence-electron chi connectivity index (χ0n) is 15.6. The number of carbonyl (C=O) groups excluding carboxylic acids is 1. The van der Waals surface area contributed by atoms with E-state index < -0.39 is 23.3 Å². The number of rotatable bonds is 4. The van der Waals surface area contributed by atoms with Gasteiger partial charge in [-0.2, -0.15) is 18.3 Å². The number of alkyl halides is 3. The second-order valence-electron chi connectivity index (χ2n) is 6.55. The highest BCUT2D eigenvalue weighted by molar-refractivity contribution is 6.30. The van der Waals surface area contributed by atoms with Crippen molar-refractivity contribution in [1.82, 2.24) is 24.6 Å². The van der Waals surface area contributed by atoms with Crippen LogP contribution in [0.15, 0.2) is 54.7 Å². The summed E-state index contributed by atoms with van der Waals surface area (Å²) in [6.45, 7) is -0.0343. The van der Waals surface area contributed by atoms with Gasteiger partial charge in [0.25, 0.3) is 5.91 Å². The standard InChI is InChI=1S/C20H15ClF3N5O/c1-28-16-5-3-2-4-15(16)27-17(28)11-25-19(30)14-10-26-29(18(14)20(22,23)24)13-8-6-12(21)7-9-13/h2-10H,11H2,1H3,(H,25,30). The van der Waals surface area contributed by atoms with Crippen LogP contribution in [0.1, 0.15) is 21.9 Å². The van der Waals surface area contributed by atoms with E-state index in [0.717, 1.165) is 17.2 Å². The molecule has 0 atom stereocenters. The average molecular weight is 434 g/mol. The van der Waals surface area contributed by atoms with Crippen molar-refractivity contribution in [3.8, 4) is 5.69 Å². The monoisotopic (exact) mass is 433 g/mol. The fourth-order valence-electron chi connectivity index (χ4n) is 3.17. The second kappa shape index (κ2) is 7.49. The number of aryl methyl sites for hydroxylation is 1. The van der Waals surface area contributed by atoms with Gasteiger partial charge >= 0.3 is 6.18 Å². The summed E-state index contributed by atoms with van der Waals surface area (Å²) >= 11 is 5.80. The lowest BCUT2D eigenvalue weighted by molar-refractivity contribution is -0.143. The summed E-state index contributed by atoms with van der Waals surface area (Å²) in [6.07, 6.45) is -3.89. The molecule has 1 amide bonds. The molecule has 0 saturated heterocycles. The topological polar surface area (TPSA) is 64.7 Å². The number of hydrogen-bond acceptors (Lipinski definition) is 3. The fraction of sp³-hybridized carbons (Fsp3) is 0.150. The largest absolute Gasteiger partial charge is 0.434 e. The Kier molecular flexibility index (Phi) is 4.98. The van der Waals surface area contributed by atoms with Crippen LogP contribution in [0.4, 0.5) is 13.2 Å². The molecular weight excluding hydrogens is 419 g/mol. The van der Waals surface area contributed by atoms with Gasteiger partial charge in [0.1, 0.15) is 5.82 Å². The van der Waals surface area contributed by atoms with Crippen molar-refractivity contribution >= 4 is 28.5 Å². The molecule has 0 unspecified atom stereocenters. The number of hydrogen-bond donors (Lipinski definition) is 1. The highest BCUT2D eigenvalue weighted by Gasteiger charge is 2.40. The molecule has 30 heavy (non-hydrogen) atoms. The zero-order valence-corrected chi connectivity index (χ0v) is 16.4. The first kappa shape index (κ1) is 20.0. The van der Waals surface area contributed by atoms with Crippen molar-refractivity contribution in [2.45, 2.75) is 12.7 Å². The summed E-state index contributed by atoms with van der Waals surface area (Å²) < 4.78 is 43.7. The molecule has 0 spiro atoms. The number of nitrogens with zero attached hydrogens (tertiary/aromatic N) is 4. The van der Waals surface area contributed by atoms with Gasteiger partial charge in [-0.05, 0) is 36.4 Å². The van der Waals surface area contributed by atoms with Crippen molar-refractivity contribution in [1.29, 1.82) is 0 Å². The average Bonchev–Trinajstić information content (AvgIpc) is 3.29. The fourth-order valence-corrected chi connectivity index (χ4v) is 3.30. The van der Waals surface area contributed by atoms with Crippen LogP contribution in [0.3, 0.4) is 0 Å². The first-order chi connectivity index (χ1) is 14.3. The summed E-state index contributed by atoms with van der Waals surface area (Å²) in [5.74, 6) is -0.377. The van der Waals surface area contributed by atoms with Crippen LogP contribution >= 0.6 is 11.6 Å². The lowest BCUT2D eigenvalue weighted by Gasteiger charge is -2.13. The summed E-state index contributed by atoms with van der Waals surface area (Å²) in [6, 6.07) is 13.1. The number of fused-ring (bicyclic) bond motifs is 1. The van der Waals surface area contributed by atoms with Crippen LogP contribution in [0.2, 0.25) is 5.02 Å². The Morgan fingerprint density at radius 2 is 1.83 bits per heavy atom. The number of para-hydroxylation sites is 2. The van der Waals surface area contributed by atoms with Gasteiger partial charge in [-0.15, -0.1) is 0 Å². The summed E-state index contributed by atoms with van der Waals surface area (Å²) in [4.78, 5) is 17.0. The van der Waals surface area contributed by atoms with Crippen molar-refractivity contribution in [2.75, 3.05) is 0 Å². The number of imidazole rings is 1. The predicted octanol–water partition coefficient (Wildman–Crippen LogP) is 4.36. The molecular formula is C20H15ClF3N5O. The molecule has 0 aliphatic carbocycles. The molecule has 0 saturated carbocycles. The number of halogens is 4. The number of nitrogens with one attached hydrogen (secondary N) is 1. The maximum atomic E-state index is 13.8. The molecule has 4 aromatic rings. The highest BCUT2D eigenvalue weighted by atomic mass is 35.5. The number of aromatic nitrogens is 4. The molecule has 0 radical (unpaired) electrons. The van der Waals surface area contributed by atoms with E-state index in [-0.39, 0.29) is 12.2 Å². The quantitative estimate of drug-likeness (QED) is 0.520. The lowest BCUT2D eigenvalue weighted by Crippen LogP contribution is -2.27. The molecule has 0 fully saturated rings. The van der Waals surface area contributed by atoms with Gasteiger partial charge in [0.15, 0.2) is 5.69 Å². The van der Waals surface area contributed by atoms with E-state index in [1.807, 2.05) is 24.3 Å². The van der Waals surface area contributed by atoms with Crippen LogP contribution in [0.25, 0.3) is 16.7 Å². The van der Waals surface area contributed by atoms with Gasteiger partial charge in [0.2, 0.25) is 0 Å². The zero-order chi connectivity index (χ0) is 21.5. The third kappa shape index (κ3) is 3.63. The maximum absolute atomic E-state index is 13.8. The molecule has 2 heterocycles. The Labute approximate surface area is 173 Å². The van der Waals surface area contributed by atoms with E-state index in [9.17, 15) is 18.0 Å². The van der Waals surface area contributed by atoms with E-state index in [0.29, 0.717) is 15.5 Å². The molecule has 4 rings (SSSR count).